The maximum atomic E-state index is 11.5. The molecule has 2 aromatic rings. The van der Waals surface area contributed by atoms with E-state index in [1.807, 2.05) is 0 Å². The Hall–Kier alpha value is -2.81. The molecule has 0 atom stereocenters. The summed E-state index contributed by atoms with van der Waals surface area (Å²) in [5.74, 6) is -1.06. The van der Waals surface area contributed by atoms with Crippen LogP contribution in [0.2, 0.25) is 5.02 Å². The summed E-state index contributed by atoms with van der Waals surface area (Å²) in [6, 6.07) is 6.91. The first kappa shape index (κ1) is 14.6. The smallest absolute Gasteiger partial charge is 0.390 e. The van der Waals surface area contributed by atoms with E-state index in [1.54, 1.807) is 24.3 Å². The van der Waals surface area contributed by atoms with Gasteiger partial charge in [0.25, 0.3) is 5.91 Å². The fraction of sp³-hybridized carbons (Fsp3) is 0.0909. The summed E-state index contributed by atoms with van der Waals surface area (Å²) in [6.07, 6.45) is 2.52. The van der Waals surface area contributed by atoms with Gasteiger partial charge in [0.1, 0.15) is 6.54 Å². The molecule has 0 aliphatic carbocycles. The van der Waals surface area contributed by atoms with E-state index < -0.39 is 16.8 Å². The molecule has 1 aromatic heterocycles. The van der Waals surface area contributed by atoms with E-state index in [-0.39, 0.29) is 6.54 Å². The largest absolute Gasteiger partial charge is 0.490 e. The lowest BCUT2D eigenvalue weighted by molar-refractivity contribution is -0.394. The number of benzene rings is 1. The molecule has 9 nitrogen and oxygen atoms in total. The van der Waals surface area contributed by atoms with Gasteiger partial charge in [-0.05, 0) is 22.6 Å². The zero-order chi connectivity index (χ0) is 15.2. The molecule has 2 rings (SSSR count). The van der Waals surface area contributed by atoms with Gasteiger partial charge in [0.2, 0.25) is 6.33 Å². The Bertz CT molecular complexity index is 699. The molecule has 0 aliphatic heterocycles. The standard InChI is InChI=1S/C11H9ClN6O3/c12-9-3-1-2-8(4-9)5-14-15-10(19)6-17-7-13-11(16-17)18(20)21/h1-5,7H,6H2,(H,15,19)/b14-5-. The third kappa shape index (κ3) is 4.35. The minimum Gasteiger partial charge on any atom is -0.390 e. The van der Waals surface area contributed by atoms with Crippen molar-refractivity contribution in [3.8, 4) is 0 Å². The lowest BCUT2D eigenvalue weighted by Gasteiger charge is -1.97. The van der Waals surface area contributed by atoms with Gasteiger partial charge in [0.05, 0.1) is 6.21 Å². The number of nitrogens with one attached hydrogen (secondary N) is 1. The average Bonchev–Trinajstić information content (AvgIpc) is 2.87. The van der Waals surface area contributed by atoms with Crippen molar-refractivity contribution in [3.05, 3.63) is 51.3 Å². The zero-order valence-electron chi connectivity index (χ0n) is 10.5. The van der Waals surface area contributed by atoms with Crippen LogP contribution in [0.5, 0.6) is 0 Å². The second-order valence-corrected chi connectivity index (χ2v) is 4.28. The molecule has 108 valence electrons. The van der Waals surface area contributed by atoms with Crippen molar-refractivity contribution < 1.29 is 9.72 Å². The number of hydrogen-bond donors (Lipinski definition) is 1. The minimum absolute atomic E-state index is 0.228. The number of aromatic nitrogens is 3. The normalized spacial score (nSPS) is 10.7. The first-order valence-electron chi connectivity index (χ1n) is 5.66. The highest BCUT2D eigenvalue weighted by atomic mass is 35.5. The molecular formula is C11H9ClN6O3. The quantitative estimate of drug-likeness (QED) is 0.502. The molecule has 0 aliphatic rings. The van der Waals surface area contributed by atoms with E-state index >= 15 is 0 Å². The third-order valence-electron chi connectivity index (χ3n) is 2.24. The summed E-state index contributed by atoms with van der Waals surface area (Å²) in [4.78, 5) is 24.6. The summed E-state index contributed by atoms with van der Waals surface area (Å²) >= 11 is 5.80. The maximum Gasteiger partial charge on any atom is 0.490 e. The number of amides is 1. The van der Waals surface area contributed by atoms with Crippen LogP contribution in [0.15, 0.2) is 35.7 Å². The predicted molar refractivity (Wildman–Crippen MR) is 73.9 cm³/mol. The number of nitro groups is 1. The average molecular weight is 309 g/mol. The monoisotopic (exact) mass is 308 g/mol. The molecule has 1 N–H and O–H groups in total. The number of halogens is 1. The summed E-state index contributed by atoms with van der Waals surface area (Å²) < 4.78 is 1.04. The summed E-state index contributed by atoms with van der Waals surface area (Å²) in [6.45, 7) is -0.228. The molecule has 10 heteroatoms. The Labute approximate surface area is 123 Å². The van der Waals surface area contributed by atoms with Crippen molar-refractivity contribution in [2.75, 3.05) is 0 Å². The lowest BCUT2D eigenvalue weighted by atomic mass is 10.2. The molecule has 21 heavy (non-hydrogen) atoms. The topological polar surface area (TPSA) is 115 Å². The van der Waals surface area contributed by atoms with Crippen LogP contribution in [0.25, 0.3) is 0 Å². The fourth-order valence-corrected chi connectivity index (χ4v) is 1.59. The summed E-state index contributed by atoms with van der Waals surface area (Å²) in [5, 5.41) is 18.2. The van der Waals surface area contributed by atoms with Crippen LogP contribution in [-0.2, 0) is 11.3 Å². The molecule has 1 amide bonds. The molecule has 1 heterocycles. The Kier molecular flexibility index (Phi) is 4.57. The Morgan fingerprint density at radius 2 is 2.38 bits per heavy atom. The van der Waals surface area contributed by atoms with E-state index in [1.165, 1.54) is 6.21 Å². The third-order valence-corrected chi connectivity index (χ3v) is 2.48. The van der Waals surface area contributed by atoms with Gasteiger partial charge in [0.15, 0.2) is 0 Å². The van der Waals surface area contributed by atoms with Gasteiger partial charge >= 0.3 is 5.95 Å². The SMILES string of the molecule is O=C(Cn1cnc([N+](=O)[O-])n1)N/N=C\c1cccc(Cl)c1. The van der Waals surface area contributed by atoms with Crippen molar-refractivity contribution in [2.45, 2.75) is 6.54 Å². The molecular weight excluding hydrogens is 300 g/mol. The number of nitrogens with zero attached hydrogens (tertiary/aromatic N) is 5. The van der Waals surface area contributed by atoms with Crippen molar-refractivity contribution in [1.82, 2.24) is 20.2 Å². The van der Waals surface area contributed by atoms with Gasteiger partial charge in [-0.3, -0.25) is 4.79 Å². The molecule has 0 unspecified atom stereocenters. The van der Waals surface area contributed by atoms with Crippen molar-refractivity contribution in [1.29, 1.82) is 0 Å². The Morgan fingerprint density at radius 3 is 3.05 bits per heavy atom. The molecule has 0 fully saturated rings. The predicted octanol–water partition coefficient (Wildman–Crippen LogP) is 0.990. The van der Waals surface area contributed by atoms with Crippen LogP contribution < -0.4 is 5.43 Å². The minimum atomic E-state index is -0.744. The molecule has 0 saturated heterocycles. The van der Waals surface area contributed by atoms with Crippen molar-refractivity contribution in [3.63, 3.8) is 0 Å². The van der Waals surface area contributed by atoms with Gasteiger partial charge in [-0.25, -0.2) is 5.43 Å². The Morgan fingerprint density at radius 1 is 1.57 bits per heavy atom. The second-order valence-electron chi connectivity index (χ2n) is 3.85. The number of hydrogen-bond acceptors (Lipinski definition) is 6. The van der Waals surface area contributed by atoms with E-state index in [2.05, 4.69) is 20.6 Å². The van der Waals surface area contributed by atoms with E-state index in [0.29, 0.717) is 5.02 Å². The molecule has 0 bridgehead atoms. The van der Waals surface area contributed by atoms with E-state index in [4.69, 9.17) is 11.6 Å². The first-order valence-corrected chi connectivity index (χ1v) is 6.04. The molecule has 0 spiro atoms. The van der Waals surface area contributed by atoms with Crippen LogP contribution in [0.4, 0.5) is 5.95 Å². The maximum absolute atomic E-state index is 11.5. The highest BCUT2D eigenvalue weighted by molar-refractivity contribution is 6.30. The van der Waals surface area contributed by atoms with Gasteiger partial charge < -0.3 is 10.1 Å². The van der Waals surface area contributed by atoms with Crippen molar-refractivity contribution in [2.24, 2.45) is 5.10 Å². The molecule has 0 radical (unpaired) electrons. The number of carbonyl (C=O) groups is 1. The van der Waals surface area contributed by atoms with E-state index in [0.717, 1.165) is 16.6 Å². The second kappa shape index (κ2) is 6.57. The molecule has 0 saturated carbocycles. The summed E-state index contributed by atoms with van der Waals surface area (Å²) in [5.41, 5.74) is 2.99. The molecule has 1 aromatic carbocycles. The summed E-state index contributed by atoms with van der Waals surface area (Å²) in [7, 11) is 0. The highest BCUT2D eigenvalue weighted by Crippen LogP contribution is 2.08. The van der Waals surface area contributed by atoms with Gasteiger partial charge in [0, 0.05) is 10.1 Å². The van der Waals surface area contributed by atoms with Gasteiger partial charge in [-0.2, -0.15) is 9.78 Å². The lowest BCUT2D eigenvalue weighted by Crippen LogP contribution is -2.23. The van der Waals surface area contributed by atoms with Crippen molar-refractivity contribution >= 4 is 29.7 Å². The van der Waals surface area contributed by atoms with Crippen LogP contribution >= 0.6 is 11.6 Å². The first-order chi connectivity index (χ1) is 10.0. The fourth-order valence-electron chi connectivity index (χ4n) is 1.39. The van der Waals surface area contributed by atoms with Crippen LogP contribution in [-0.4, -0.2) is 31.8 Å². The Balaban J connectivity index is 1.88. The van der Waals surface area contributed by atoms with Gasteiger partial charge in [-0.1, -0.05) is 28.7 Å². The van der Waals surface area contributed by atoms with Crippen LogP contribution in [0, 0.1) is 10.1 Å². The number of carbonyl (C=O) groups excluding carboxylic acids is 1. The highest BCUT2D eigenvalue weighted by Gasteiger charge is 2.14. The van der Waals surface area contributed by atoms with Crippen LogP contribution in [0.1, 0.15) is 5.56 Å². The number of hydrazone groups is 1. The zero-order valence-corrected chi connectivity index (χ0v) is 11.3. The van der Waals surface area contributed by atoms with Gasteiger partial charge in [-0.15, -0.1) is 0 Å². The number of rotatable bonds is 5. The van der Waals surface area contributed by atoms with E-state index in [9.17, 15) is 14.9 Å². The van der Waals surface area contributed by atoms with Crippen LogP contribution in [0.3, 0.4) is 0 Å².